The van der Waals surface area contributed by atoms with Gasteiger partial charge in [0.2, 0.25) is 5.91 Å². The minimum Gasteiger partial charge on any atom is -0.483 e. The predicted octanol–water partition coefficient (Wildman–Crippen LogP) is 0.497. The fourth-order valence-electron chi connectivity index (χ4n) is 2.63. The van der Waals surface area contributed by atoms with Gasteiger partial charge in [0, 0.05) is 24.4 Å². The molecule has 1 amide bonds. The molecule has 142 valence electrons. The topological polar surface area (TPSA) is 129 Å². The number of nitrogens with zero attached hydrogens (tertiary/aromatic N) is 5. The van der Waals surface area contributed by atoms with Gasteiger partial charge in [0.15, 0.2) is 5.82 Å². The molecular weight excluding hydrogens is 357 g/mol. The molecule has 9 nitrogen and oxygen atoms in total. The molecule has 0 unspecified atom stereocenters. The molecule has 1 saturated carbocycles. The molecule has 3 N–H and O–H groups in total. The summed E-state index contributed by atoms with van der Waals surface area (Å²) in [6.07, 6.45) is 1.67. The number of primary amides is 1. The zero-order chi connectivity index (χ0) is 19.4. The minimum absolute atomic E-state index is 0.0219. The van der Waals surface area contributed by atoms with Crippen LogP contribution in [0, 0.1) is 0 Å². The van der Waals surface area contributed by atoms with E-state index in [-0.39, 0.29) is 24.5 Å². The number of aromatic nitrogens is 5. The smallest absolute Gasteiger partial charge is 0.408 e. The molecule has 0 aromatic carbocycles. The van der Waals surface area contributed by atoms with Crippen molar-refractivity contribution in [3.05, 3.63) is 30.4 Å². The maximum Gasteiger partial charge on any atom is 0.408 e. The van der Waals surface area contributed by atoms with Crippen LogP contribution in [0.25, 0.3) is 0 Å². The second-order valence-electron chi connectivity index (χ2n) is 5.89. The highest BCUT2D eigenvalue weighted by Gasteiger charge is 2.49. The quantitative estimate of drug-likeness (QED) is 0.709. The van der Waals surface area contributed by atoms with Crippen molar-refractivity contribution in [1.29, 1.82) is 0 Å². The summed E-state index contributed by atoms with van der Waals surface area (Å²) in [7, 11) is 0. The summed E-state index contributed by atoms with van der Waals surface area (Å²) >= 11 is 0. The Balaban J connectivity index is 0.000000758. The van der Waals surface area contributed by atoms with Gasteiger partial charge in [0.25, 0.3) is 6.47 Å². The molecule has 3 rings (SSSR count). The summed E-state index contributed by atoms with van der Waals surface area (Å²) in [5, 5.41) is 10.7. The van der Waals surface area contributed by atoms with Crippen LogP contribution in [0.1, 0.15) is 24.5 Å². The van der Waals surface area contributed by atoms with Gasteiger partial charge in [0.1, 0.15) is 12.4 Å². The number of carbonyl (C=O) groups is 2. The second-order valence-corrected chi connectivity index (χ2v) is 5.89. The van der Waals surface area contributed by atoms with E-state index in [0.717, 1.165) is 4.68 Å². The Kier molecular flexibility index (Phi) is 5.63. The van der Waals surface area contributed by atoms with E-state index in [0.29, 0.717) is 19.4 Å². The first-order valence-electron chi connectivity index (χ1n) is 7.52. The van der Waals surface area contributed by atoms with E-state index in [1.165, 1.54) is 0 Å². The van der Waals surface area contributed by atoms with Gasteiger partial charge in [-0.1, -0.05) is 0 Å². The molecular formula is C14H17F3N6O3. The van der Waals surface area contributed by atoms with E-state index < -0.39 is 24.0 Å². The van der Waals surface area contributed by atoms with Crippen LogP contribution in [-0.4, -0.2) is 48.0 Å². The molecule has 1 aliphatic carbocycles. The highest BCUT2D eigenvalue weighted by atomic mass is 19.4. The molecule has 2 aromatic rings. The molecule has 0 aliphatic heterocycles. The number of rotatable bonds is 6. The summed E-state index contributed by atoms with van der Waals surface area (Å²) in [5.41, 5.74) is 4.58. The Morgan fingerprint density at radius 3 is 2.54 bits per heavy atom. The van der Waals surface area contributed by atoms with E-state index in [9.17, 15) is 18.0 Å². The Bertz CT molecular complexity index is 753. The Morgan fingerprint density at radius 2 is 2.08 bits per heavy atom. The third-order valence-corrected chi connectivity index (χ3v) is 3.75. The SMILES string of the molecule is NC(=O)Cc1nc(C2(Cn3ccnc3)CC2)n(CC(F)(F)F)n1.O=CO. The molecule has 1 aliphatic rings. The summed E-state index contributed by atoms with van der Waals surface area (Å²) in [6, 6.07) is 0. The minimum atomic E-state index is -4.42. The molecule has 0 saturated heterocycles. The van der Waals surface area contributed by atoms with Crippen molar-refractivity contribution in [2.45, 2.75) is 43.9 Å². The number of imidazole rings is 1. The van der Waals surface area contributed by atoms with Gasteiger partial charge in [-0.15, -0.1) is 0 Å². The normalized spacial score (nSPS) is 15.0. The van der Waals surface area contributed by atoms with Crippen molar-refractivity contribution in [1.82, 2.24) is 24.3 Å². The van der Waals surface area contributed by atoms with E-state index in [1.54, 1.807) is 23.3 Å². The fourth-order valence-corrected chi connectivity index (χ4v) is 2.63. The van der Waals surface area contributed by atoms with E-state index >= 15 is 0 Å². The highest BCUT2D eigenvalue weighted by Crippen LogP contribution is 2.49. The number of alkyl halides is 3. The van der Waals surface area contributed by atoms with Crippen LogP contribution in [0.2, 0.25) is 0 Å². The molecule has 1 fully saturated rings. The number of carboxylic acid groups (broad SMARTS) is 1. The molecule has 2 heterocycles. The number of nitrogens with two attached hydrogens (primary N) is 1. The lowest BCUT2D eigenvalue weighted by Crippen LogP contribution is -2.26. The zero-order valence-electron chi connectivity index (χ0n) is 13.6. The highest BCUT2D eigenvalue weighted by molar-refractivity contribution is 5.75. The molecule has 0 atom stereocenters. The number of halogens is 3. The third-order valence-electron chi connectivity index (χ3n) is 3.75. The van der Waals surface area contributed by atoms with Crippen molar-refractivity contribution in [2.75, 3.05) is 0 Å². The van der Waals surface area contributed by atoms with Gasteiger partial charge in [-0.05, 0) is 12.8 Å². The molecule has 0 spiro atoms. The first-order valence-corrected chi connectivity index (χ1v) is 7.52. The standard InChI is InChI=1S/C13H15F3N6O.CH2O2/c14-13(15,16)7-22-11(19-10(20-22)5-9(17)23)12(1-2-12)6-21-4-3-18-8-21;2-1-3/h3-4,8H,1-2,5-7H2,(H2,17,23);1H,(H,2,3). The molecule has 0 radical (unpaired) electrons. The monoisotopic (exact) mass is 374 g/mol. The second kappa shape index (κ2) is 7.54. The first-order chi connectivity index (χ1) is 12.2. The largest absolute Gasteiger partial charge is 0.483 e. The van der Waals surface area contributed by atoms with Crippen LogP contribution in [0.4, 0.5) is 13.2 Å². The third kappa shape index (κ3) is 5.04. The van der Waals surface area contributed by atoms with Crippen molar-refractivity contribution in [3.63, 3.8) is 0 Å². The lowest BCUT2D eigenvalue weighted by molar-refractivity contribution is -0.143. The van der Waals surface area contributed by atoms with Crippen molar-refractivity contribution < 1.29 is 27.9 Å². The molecule has 26 heavy (non-hydrogen) atoms. The number of hydrogen-bond donors (Lipinski definition) is 2. The first kappa shape index (κ1) is 19.4. The maximum absolute atomic E-state index is 12.8. The number of carbonyl (C=O) groups excluding carboxylic acids is 1. The van der Waals surface area contributed by atoms with E-state index in [2.05, 4.69) is 15.1 Å². The summed E-state index contributed by atoms with van der Waals surface area (Å²) < 4.78 is 41.0. The van der Waals surface area contributed by atoms with Crippen LogP contribution >= 0.6 is 0 Å². The van der Waals surface area contributed by atoms with Gasteiger partial charge >= 0.3 is 6.18 Å². The average Bonchev–Trinajstić information content (AvgIpc) is 2.89. The van der Waals surface area contributed by atoms with Crippen molar-refractivity contribution in [2.24, 2.45) is 5.73 Å². The molecule has 12 heteroatoms. The van der Waals surface area contributed by atoms with Crippen LogP contribution in [-0.2, 0) is 34.5 Å². The average molecular weight is 374 g/mol. The lowest BCUT2D eigenvalue weighted by Gasteiger charge is -2.17. The number of amides is 1. The fraction of sp³-hybridized carbons (Fsp3) is 0.500. The summed E-state index contributed by atoms with van der Waals surface area (Å²) in [6.45, 7) is -1.01. The summed E-state index contributed by atoms with van der Waals surface area (Å²) in [4.78, 5) is 27.5. The Morgan fingerprint density at radius 1 is 1.42 bits per heavy atom. The van der Waals surface area contributed by atoms with Gasteiger partial charge in [-0.2, -0.15) is 18.3 Å². The Hall–Kier alpha value is -2.92. The molecule has 0 bridgehead atoms. The number of hydrogen-bond acceptors (Lipinski definition) is 5. The van der Waals surface area contributed by atoms with Crippen LogP contribution in [0.3, 0.4) is 0 Å². The van der Waals surface area contributed by atoms with Gasteiger partial charge in [0.05, 0.1) is 12.7 Å². The molecule has 2 aromatic heterocycles. The van der Waals surface area contributed by atoms with Crippen LogP contribution in [0.5, 0.6) is 0 Å². The van der Waals surface area contributed by atoms with E-state index in [1.807, 2.05) is 0 Å². The van der Waals surface area contributed by atoms with Crippen molar-refractivity contribution in [3.8, 4) is 0 Å². The van der Waals surface area contributed by atoms with Crippen LogP contribution in [0.15, 0.2) is 18.7 Å². The van der Waals surface area contributed by atoms with Crippen LogP contribution < -0.4 is 5.73 Å². The summed E-state index contributed by atoms with van der Waals surface area (Å²) in [5.74, 6) is -0.409. The predicted molar refractivity (Wildman–Crippen MR) is 80.8 cm³/mol. The van der Waals surface area contributed by atoms with Gasteiger partial charge in [-0.25, -0.2) is 14.6 Å². The van der Waals surface area contributed by atoms with Gasteiger partial charge < -0.3 is 15.4 Å². The Labute approximate surface area is 145 Å². The zero-order valence-corrected chi connectivity index (χ0v) is 13.6. The maximum atomic E-state index is 12.8. The van der Waals surface area contributed by atoms with Crippen molar-refractivity contribution >= 4 is 12.4 Å². The van der Waals surface area contributed by atoms with Gasteiger partial charge in [-0.3, -0.25) is 9.59 Å². The lowest BCUT2D eigenvalue weighted by atomic mass is 10.1. The van der Waals surface area contributed by atoms with E-state index in [4.69, 9.17) is 15.6 Å².